The van der Waals surface area contributed by atoms with Crippen LogP contribution < -0.4 is 10.6 Å². The van der Waals surface area contributed by atoms with Gasteiger partial charge in [-0.15, -0.1) is 0 Å². The van der Waals surface area contributed by atoms with Crippen LogP contribution in [0.25, 0.3) is 11.1 Å². The summed E-state index contributed by atoms with van der Waals surface area (Å²) < 4.78 is 1.45. The lowest BCUT2D eigenvalue weighted by atomic mass is 10.0. The summed E-state index contributed by atoms with van der Waals surface area (Å²) in [6.07, 6.45) is 0. The summed E-state index contributed by atoms with van der Waals surface area (Å²) in [5.74, 6) is 0.0647. The molecule has 2 rings (SSSR count). The summed E-state index contributed by atoms with van der Waals surface area (Å²) in [7, 11) is 4.19. The molecule has 0 radical (unpaired) electrons. The van der Waals surface area contributed by atoms with E-state index in [1.54, 1.807) is 0 Å². The van der Waals surface area contributed by atoms with E-state index >= 15 is 0 Å². The maximum absolute atomic E-state index is 12.4. The fourth-order valence-corrected chi connectivity index (χ4v) is 3.48. The van der Waals surface area contributed by atoms with Crippen LogP contribution in [0.4, 0.5) is 11.4 Å². The number of rotatable bonds is 11. The van der Waals surface area contributed by atoms with E-state index in [4.69, 9.17) is 0 Å². The molecule has 0 aromatic heterocycles. The standard InChI is InChI=1S/C26H38N4O2/c1-7-29(5,8-2)19-25(31)27-23-15-11-21(12-16-23)22-13-17-24(18-14-22)28-26(32)20-30(6,9-3)10-4/h11-18H,7-10,19-20H2,1-6H3/p+2. The van der Waals surface area contributed by atoms with E-state index in [9.17, 15) is 9.59 Å². The third kappa shape index (κ3) is 7.18. The first kappa shape index (κ1) is 25.6. The molecule has 6 heteroatoms. The minimum atomic E-state index is 0.0323. The van der Waals surface area contributed by atoms with Gasteiger partial charge in [0.25, 0.3) is 11.8 Å². The van der Waals surface area contributed by atoms with Gasteiger partial charge in [-0.25, -0.2) is 0 Å². The number of nitrogens with one attached hydrogen (secondary N) is 2. The molecule has 2 aromatic carbocycles. The lowest BCUT2D eigenvalue weighted by molar-refractivity contribution is -0.898. The highest BCUT2D eigenvalue weighted by molar-refractivity contribution is 5.92. The van der Waals surface area contributed by atoms with Crippen LogP contribution in [-0.4, -0.2) is 74.1 Å². The van der Waals surface area contributed by atoms with E-state index in [1.165, 1.54) is 0 Å². The predicted octanol–water partition coefficient (Wildman–Crippen LogP) is 4.20. The summed E-state index contributed by atoms with van der Waals surface area (Å²) in [5, 5.41) is 6.00. The van der Waals surface area contributed by atoms with Crippen LogP contribution in [0.3, 0.4) is 0 Å². The van der Waals surface area contributed by atoms with Gasteiger partial charge in [0.15, 0.2) is 13.1 Å². The largest absolute Gasteiger partial charge is 0.321 e. The van der Waals surface area contributed by atoms with Crippen LogP contribution >= 0.6 is 0 Å². The molecule has 0 spiro atoms. The monoisotopic (exact) mass is 440 g/mol. The first-order valence-corrected chi connectivity index (χ1v) is 11.6. The van der Waals surface area contributed by atoms with E-state index in [0.717, 1.165) is 57.6 Å². The Morgan fingerprint density at radius 1 is 0.594 bits per heavy atom. The molecule has 174 valence electrons. The Morgan fingerprint density at radius 3 is 1.12 bits per heavy atom. The van der Waals surface area contributed by atoms with E-state index in [-0.39, 0.29) is 11.8 Å². The SMILES string of the molecule is CC[N+](C)(CC)CC(=O)Nc1ccc(-c2ccc(NC(=O)C[N+](C)(CC)CC)cc2)cc1. The first-order valence-electron chi connectivity index (χ1n) is 11.6. The lowest BCUT2D eigenvalue weighted by Gasteiger charge is -2.31. The molecule has 0 saturated heterocycles. The number of anilines is 2. The van der Waals surface area contributed by atoms with E-state index < -0.39 is 0 Å². The topological polar surface area (TPSA) is 58.2 Å². The molecular weight excluding hydrogens is 400 g/mol. The highest BCUT2D eigenvalue weighted by atomic mass is 16.2. The number of benzene rings is 2. The number of nitrogens with zero attached hydrogens (tertiary/aromatic N) is 2. The molecule has 32 heavy (non-hydrogen) atoms. The Hall–Kier alpha value is -2.70. The molecule has 2 amide bonds. The third-order valence-corrected chi connectivity index (χ3v) is 6.78. The molecule has 0 aliphatic rings. The number of carbonyl (C=O) groups is 2. The van der Waals surface area contributed by atoms with Gasteiger partial charge in [-0.05, 0) is 63.1 Å². The number of hydrogen-bond acceptors (Lipinski definition) is 2. The highest BCUT2D eigenvalue weighted by Gasteiger charge is 2.22. The molecule has 2 N–H and O–H groups in total. The number of quaternary nitrogens is 2. The van der Waals surface area contributed by atoms with Gasteiger partial charge >= 0.3 is 0 Å². The zero-order chi connectivity index (χ0) is 23.8. The minimum Gasteiger partial charge on any atom is -0.321 e. The lowest BCUT2D eigenvalue weighted by Crippen LogP contribution is -2.48. The van der Waals surface area contributed by atoms with Crippen molar-refractivity contribution in [3.05, 3.63) is 48.5 Å². The molecule has 6 nitrogen and oxygen atoms in total. The van der Waals surface area contributed by atoms with Crippen molar-refractivity contribution in [2.24, 2.45) is 0 Å². The smallest absolute Gasteiger partial charge is 0.279 e. The fraction of sp³-hybridized carbons (Fsp3) is 0.462. The van der Waals surface area contributed by atoms with Crippen molar-refractivity contribution in [3.63, 3.8) is 0 Å². The molecule has 2 aromatic rings. The van der Waals surface area contributed by atoms with E-state index in [1.807, 2.05) is 48.5 Å². The second-order valence-electron chi connectivity index (χ2n) is 9.07. The Bertz CT molecular complexity index is 808. The quantitative estimate of drug-likeness (QED) is 0.515. The van der Waals surface area contributed by atoms with Crippen molar-refractivity contribution in [2.45, 2.75) is 27.7 Å². The Morgan fingerprint density at radius 2 is 0.875 bits per heavy atom. The number of hydrogen-bond donors (Lipinski definition) is 2. The maximum atomic E-state index is 12.4. The summed E-state index contributed by atoms with van der Waals surface area (Å²) in [6.45, 7) is 13.1. The van der Waals surface area contributed by atoms with Crippen LogP contribution in [0.5, 0.6) is 0 Å². The molecule has 0 aliphatic carbocycles. The van der Waals surface area contributed by atoms with Crippen molar-refractivity contribution in [1.82, 2.24) is 0 Å². The highest BCUT2D eigenvalue weighted by Crippen LogP contribution is 2.23. The number of carbonyl (C=O) groups excluding carboxylic acids is 2. The van der Waals surface area contributed by atoms with Crippen molar-refractivity contribution < 1.29 is 18.6 Å². The number of amides is 2. The van der Waals surface area contributed by atoms with Gasteiger partial charge in [0, 0.05) is 11.4 Å². The second-order valence-corrected chi connectivity index (χ2v) is 9.07. The Labute approximate surface area is 193 Å². The van der Waals surface area contributed by atoms with Crippen LogP contribution in [0, 0.1) is 0 Å². The summed E-state index contributed by atoms with van der Waals surface area (Å²) in [4.78, 5) is 24.8. The molecular formula is C26H40N4O2+2. The molecule has 0 saturated carbocycles. The van der Waals surface area contributed by atoms with Crippen LogP contribution in [0.15, 0.2) is 48.5 Å². The van der Waals surface area contributed by atoms with Gasteiger partial charge in [0.2, 0.25) is 0 Å². The molecule has 0 heterocycles. The molecule has 0 fully saturated rings. The van der Waals surface area contributed by atoms with Crippen LogP contribution in [0.2, 0.25) is 0 Å². The summed E-state index contributed by atoms with van der Waals surface area (Å²) in [5.41, 5.74) is 3.72. The van der Waals surface area contributed by atoms with Crippen molar-refractivity contribution in [3.8, 4) is 11.1 Å². The fourth-order valence-electron chi connectivity index (χ4n) is 3.48. The zero-order valence-corrected chi connectivity index (χ0v) is 20.6. The third-order valence-electron chi connectivity index (χ3n) is 6.78. The Kier molecular flexibility index (Phi) is 8.99. The van der Waals surface area contributed by atoms with E-state index in [2.05, 4.69) is 52.4 Å². The summed E-state index contributed by atoms with van der Waals surface area (Å²) >= 11 is 0. The van der Waals surface area contributed by atoms with Gasteiger partial charge in [-0.2, -0.15) is 0 Å². The van der Waals surface area contributed by atoms with Crippen molar-refractivity contribution in [1.29, 1.82) is 0 Å². The number of likely N-dealkylation sites (N-methyl/N-ethyl adjacent to an activating group) is 2. The van der Waals surface area contributed by atoms with Crippen LogP contribution in [0.1, 0.15) is 27.7 Å². The first-order chi connectivity index (χ1) is 15.2. The molecule has 0 bridgehead atoms. The average Bonchev–Trinajstić information content (AvgIpc) is 2.79. The van der Waals surface area contributed by atoms with Gasteiger partial charge in [-0.1, -0.05) is 24.3 Å². The normalized spacial score (nSPS) is 11.8. The predicted molar refractivity (Wildman–Crippen MR) is 133 cm³/mol. The van der Waals surface area contributed by atoms with Crippen molar-refractivity contribution in [2.75, 3.05) is 64.0 Å². The maximum Gasteiger partial charge on any atom is 0.279 e. The van der Waals surface area contributed by atoms with Crippen LogP contribution in [-0.2, 0) is 9.59 Å². The molecule has 0 unspecified atom stereocenters. The molecule has 0 atom stereocenters. The minimum absolute atomic E-state index is 0.0323. The summed E-state index contributed by atoms with van der Waals surface area (Å²) in [6, 6.07) is 15.7. The second kappa shape index (κ2) is 11.2. The average molecular weight is 441 g/mol. The zero-order valence-electron chi connectivity index (χ0n) is 20.6. The van der Waals surface area contributed by atoms with Crippen molar-refractivity contribution >= 4 is 23.2 Å². The van der Waals surface area contributed by atoms with Gasteiger partial charge in [0.05, 0.1) is 40.3 Å². The van der Waals surface area contributed by atoms with Gasteiger partial charge in [0.1, 0.15) is 0 Å². The molecule has 0 aliphatic heterocycles. The Balaban J connectivity index is 1.97. The van der Waals surface area contributed by atoms with Gasteiger partial charge in [-0.3, -0.25) is 9.59 Å². The van der Waals surface area contributed by atoms with E-state index in [0.29, 0.717) is 13.1 Å². The van der Waals surface area contributed by atoms with Gasteiger partial charge < -0.3 is 19.6 Å².